The van der Waals surface area contributed by atoms with Crippen molar-refractivity contribution in [3.8, 4) is 0 Å². The Balaban J connectivity index is 1.97. The molecular weight excluding hydrogens is 226 g/mol. The first-order valence-corrected chi connectivity index (χ1v) is 6.74. The molecule has 1 atom stereocenters. The van der Waals surface area contributed by atoms with Gasteiger partial charge in [-0.25, -0.2) is 13.1 Å². The Morgan fingerprint density at radius 3 is 2.56 bits per heavy atom. The molecule has 5 heteroatoms. The van der Waals surface area contributed by atoms with E-state index in [1.807, 2.05) is 6.92 Å². The van der Waals surface area contributed by atoms with Crippen molar-refractivity contribution in [3.05, 3.63) is 29.8 Å². The zero-order chi connectivity index (χ0) is 11.6. The molecule has 1 aromatic carbocycles. The Morgan fingerprint density at radius 2 is 2.00 bits per heavy atom. The van der Waals surface area contributed by atoms with Crippen molar-refractivity contribution in [2.24, 2.45) is 0 Å². The first-order chi connectivity index (χ1) is 7.58. The predicted octanol–water partition coefficient (Wildman–Crippen LogP) is 1.06. The van der Waals surface area contributed by atoms with Crippen LogP contribution < -0.4 is 4.72 Å². The van der Waals surface area contributed by atoms with Crippen LogP contribution in [0, 0.1) is 6.92 Å². The van der Waals surface area contributed by atoms with Crippen LogP contribution in [-0.4, -0.2) is 27.7 Å². The topological polar surface area (TPSA) is 58.7 Å². The summed E-state index contributed by atoms with van der Waals surface area (Å²) >= 11 is 0. The van der Waals surface area contributed by atoms with Gasteiger partial charge in [-0.1, -0.05) is 17.7 Å². The Kier molecular flexibility index (Phi) is 3.28. The van der Waals surface area contributed by atoms with E-state index >= 15 is 0 Å². The molecule has 16 heavy (non-hydrogen) atoms. The van der Waals surface area contributed by atoms with Crippen LogP contribution in [0.15, 0.2) is 29.2 Å². The van der Waals surface area contributed by atoms with Gasteiger partial charge in [0.15, 0.2) is 0 Å². The number of nitrogens with one attached hydrogen (secondary N) is 1. The molecule has 1 aliphatic rings. The number of benzene rings is 1. The quantitative estimate of drug-likeness (QED) is 0.784. The molecular formula is C11H15NO3S. The number of ether oxygens (including phenoxy) is 1. The van der Waals surface area contributed by atoms with Gasteiger partial charge in [0.25, 0.3) is 0 Å². The van der Waals surface area contributed by atoms with Crippen LogP contribution in [0.25, 0.3) is 0 Å². The van der Waals surface area contributed by atoms with Gasteiger partial charge in [0.05, 0.1) is 17.6 Å². The summed E-state index contributed by atoms with van der Waals surface area (Å²) in [6, 6.07) is 6.81. The molecule has 1 fully saturated rings. The van der Waals surface area contributed by atoms with Crippen LogP contribution in [0.2, 0.25) is 0 Å². The van der Waals surface area contributed by atoms with Crippen LogP contribution in [-0.2, 0) is 14.8 Å². The second-order valence-electron chi connectivity index (χ2n) is 3.95. The summed E-state index contributed by atoms with van der Waals surface area (Å²) in [5.41, 5.74) is 1.05. The van der Waals surface area contributed by atoms with Gasteiger partial charge >= 0.3 is 0 Å². The summed E-state index contributed by atoms with van der Waals surface area (Å²) < 4.78 is 31.2. The zero-order valence-electron chi connectivity index (χ0n) is 9.14. The monoisotopic (exact) mass is 241 g/mol. The molecule has 1 aromatic rings. The summed E-state index contributed by atoms with van der Waals surface area (Å²) in [7, 11) is -3.35. The third-order valence-electron chi connectivity index (χ3n) is 2.49. The maximum Gasteiger partial charge on any atom is 0.240 e. The van der Waals surface area contributed by atoms with E-state index in [9.17, 15) is 8.42 Å². The van der Waals surface area contributed by atoms with Crippen molar-refractivity contribution in [2.75, 3.05) is 13.2 Å². The highest BCUT2D eigenvalue weighted by atomic mass is 32.2. The highest BCUT2D eigenvalue weighted by molar-refractivity contribution is 7.89. The van der Waals surface area contributed by atoms with E-state index in [0.717, 1.165) is 18.6 Å². The van der Waals surface area contributed by atoms with Crippen LogP contribution in [0.3, 0.4) is 0 Å². The normalized spacial score (nSPS) is 19.7. The first-order valence-electron chi connectivity index (χ1n) is 5.26. The largest absolute Gasteiger partial charge is 0.373 e. The van der Waals surface area contributed by atoms with Crippen molar-refractivity contribution in [1.82, 2.24) is 4.72 Å². The lowest BCUT2D eigenvalue weighted by Gasteiger charge is -2.05. The number of aryl methyl sites for hydroxylation is 1. The van der Waals surface area contributed by atoms with E-state index in [4.69, 9.17) is 4.74 Å². The second-order valence-corrected chi connectivity index (χ2v) is 5.72. The van der Waals surface area contributed by atoms with E-state index < -0.39 is 10.0 Å². The van der Waals surface area contributed by atoms with E-state index in [0.29, 0.717) is 11.4 Å². The number of hydrogen-bond acceptors (Lipinski definition) is 3. The maximum atomic E-state index is 11.8. The summed E-state index contributed by atoms with van der Waals surface area (Å²) in [6.45, 7) is 3.11. The lowest BCUT2D eigenvalue weighted by atomic mass is 10.2. The van der Waals surface area contributed by atoms with E-state index in [2.05, 4.69) is 4.72 Å². The Hall–Kier alpha value is -0.910. The molecule has 1 saturated heterocycles. The maximum absolute atomic E-state index is 11.8. The zero-order valence-corrected chi connectivity index (χ0v) is 9.96. The van der Waals surface area contributed by atoms with Gasteiger partial charge in [-0.2, -0.15) is 0 Å². The van der Waals surface area contributed by atoms with Crippen LogP contribution in [0.1, 0.15) is 12.0 Å². The predicted molar refractivity (Wildman–Crippen MR) is 60.7 cm³/mol. The minimum absolute atomic E-state index is 0.251. The Labute approximate surface area is 95.7 Å². The fourth-order valence-corrected chi connectivity index (χ4v) is 2.44. The molecule has 1 heterocycles. The summed E-state index contributed by atoms with van der Waals surface area (Å²) in [5, 5.41) is 0. The summed E-state index contributed by atoms with van der Waals surface area (Å²) in [6.07, 6.45) is 0.992. The first kappa shape index (κ1) is 11.6. The smallest absolute Gasteiger partial charge is 0.240 e. The Morgan fingerprint density at radius 1 is 1.38 bits per heavy atom. The van der Waals surface area contributed by atoms with Crippen molar-refractivity contribution < 1.29 is 13.2 Å². The van der Waals surface area contributed by atoms with Crippen LogP contribution in [0.4, 0.5) is 0 Å². The summed E-state index contributed by atoms with van der Waals surface area (Å²) in [5.74, 6) is 0. The van der Waals surface area contributed by atoms with Gasteiger partial charge in [-0.3, -0.25) is 0 Å². The molecule has 1 N–H and O–H groups in total. The average molecular weight is 241 g/mol. The molecule has 4 nitrogen and oxygen atoms in total. The van der Waals surface area contributed by atoms with E-state index in [1.165, 1.54) is 0 Å². The van der Waals surface area contributed by atoms with Gasteiger partial charge in [0.2, 0.25) is 10.0 Å². The molecule has 0 unspecified atom stereocenters. The van der Waals surface area contributed by atoms with Gasteiger partial charge < -0.3 is 4.74 Å². The molecule has 0 radical (unpaired) electrons. The van der Waals surface area contributed by atoms with Crippen LogP contribution >= 0.6 is 0 Å². The fraction of sp³-hybridized carbons (Fsp3) is 0.455. The van der Waals surface area contributed by atoms with Gasteiger partial charge in [0.1, 0.15) is 0 Å². The Bertz CT molecular complexity index is 449. The van der Waals surface area contributed by atoms with Gasteiger partial charge in [-0.15, -0.1) is 0 Å². The molecule has 0 amide bonds. The van der Waals surface area contributed by atoms with Crippen molar-refractivity contribution in [1.29, 1.82) is 0 Å². The van der Waals surface area contributed by atoms with Crippen molar-refractivity contribution >= 4 is 10.0 Å². The molecule has 88 valence electrons. The minimum atomic E-state index is -3.35. The SMILES string of the molecule is Cc1ccc(S(=O)(=O)NCC[C@@H]2CO2)cc1. The molecule has 0 bridgehead atoms. The number of rotatable bonds is 5. The highest BCUT2D eigenvalue weighted by Gasteiger charge is 2.22. The third-order valence-corrected chi connectivity index (χ3v) is 3.97. The molecule has 0 saturated carbocycles. The van der Waals surface area contributed by atoms with Crippen molar-refractivity contribution in [3.63, 3.8) is 0 Å². The fourth-order valence-electron chi connectivity index (χ4n) is 1.39. The highest BCUT2D eigenvalue weighted by Crippen LogP contribution is 2.13. The van der Waals surface area contributed by atoms with E-state index in [1.54, 1.807) is 24.3 Å². The van der Waals surface area contributed by atoms with E-state index in [-0.39, 0.29) is 6.10 Å². The lowest BCUT2D eigenvalue weighted by molar-refractivity contribution is 0.396. The van der Waals surface area contributed by atoms with Gasteiger partial charge in [0, 0.05) is 6.54 Å². The third kappa shape index (κ3) is 3.04. The average Bonchev–Trinajstić information content (AvgIpc) is 3.02. The number of sulfonamides is 1. The van der Waals surface area contributed by atoms with Crippen molar-refractivity contribution in [2.45, 2.75) is 24.3 Å². The standard InChI is InChI=1S/C11H15NO3S/c1-9-2-4-11(5-3-9)16(13,14)12-7-6-10-8-15-10/h2-5,10,12H,6-8H2,1H3/t10-/m1/s1. The summed E-state index contributed by atoms with van der Waals surface area (Å²) in [4.78, 5) is 0.315. The molecule has 0 aliphatic carbocycles. The molecule has 2 rings (SSSR count). The van der Waals surface area contributed by atoms with Gasteiger partial charge in [-0.05, 0) is 25.5 Å². The number of hydrogen-bond donors (Lipinski definition) is 1. The second kappa shape index (κ2) is 4.53. The van der Waals surface area contributed by atoms with Crippen LogP contribution in [0.5, 0.6) is 0 Å². The molecule has 0 aromatic heterocycles. The number of epoxide rings is 1. The molecule has 1 aliphatic heterocycles. The lowest BCUT2D eigenvalue weighted by Crippen LogP contribution is -2.25. The minimum Gasteiger partial charge on any atom is -0.373 e. The molecule has 0 spiro atoms.